The first kappa shape index (κ1) is 31.8. The molecule has 0 spiro atoms. The van der Waals surface area contributed by atoms with E-state index in [0.29, 0.717) is 21.2 Å². The Kier molecular flexibility index (Phi) is 8.00. The number of hydrogen-bond donors (Lipinski definition) is 1. The first-order valence-electron chi connectivity index (χ1n) is 14.6. The molecule has 1 N–H and O–H groups in total. The number of nitrogens with one attached hydrogen (secondary N) is 1. The number of aryl methyl sites for hydroxylation is 1. The molecule has 2 aliphatic rings. The average molecular weight is 666 g/mol. The number of imide groups is 1. The number of fused-ring (bicyclic) bond motifs is 2. The highest BCUT2D eigenvalue weighted by atomic mass is 32.2. The van der Waals surface area contributed by atoms with Gasteiger partial charge in [-0.3, -0.25) is 23.7 Å². The summed E-state index contributed by atoms with van der Waals surface area (Å²) in [6.07, 6.45) is -4.67. The molecule has 1 saturated heterocycles. The van der Waals surface area contributed by atoms with Crippen molar-refractivity contribution in [2.24, 2.45) is 5.92 Å². The van der Waals surface area contributed by atoms with E-state index in [-0.39, 0.29) is 17.6 Å². The Hall–Kier alpha value is -4.16. The van der Waals surface area contributed by atoms with Gasteiger partial charge < -0.3 is 5.32 Å². The summed E-state index contributed by atoms with van der Waals surface area (Å²) >= 11 is 1.92. The van der Waals surface area contributed by atoms with E-state index in [1.807, 2.05) is 43.3 Å². The van der Waals surface area contributed by atoms with Crippen LogP contribution in [0.25, 0.3) is 0 Å². The van der Waals surface area contributed by atoms with Gasteiger partial charge in [-0.05, 0) is 53.3 Å². The van der Waals surface area contributed by atoms with Gasteiger partial charge in [0.05, 0.1) is 22.2 Å². The van der Waals surface area contributed by atoms with Gasteiger partial charge >= 0.3 is 11.0 Å². The molecule has 0 radical (unpaired) electrons. The Morgan fingerprint density at radius 2 is 1.59 bits per heavy atom. The number of nitrogens with zero attached hydrogens (tertiary/aromatic N) is 2. The maximum absolute atomic E-state index is 14.1. The van der Waals surface area contributed by atoms with E-state index in [9.17, 15) is 32.3 Å². The maximum Gasteiger partial charge on any atom is 0.416 e. The van der Waals surface area contributed by atoms with Crippen LogP contribution in [0.5, 0.6) is 0 Å². The number of aromatic nitrogens is 1. The van der Waals surface area contributed by atoms with Crippen molar-refractivity contribution in [2.75, 3.05) is 10.2 Å². The quantitative estimate of drug-likeness (QED) is 0.233. The van der Waals surface area contributed by atoms with Crippen LogP contribution in [0.15, 0.2) is 82.6 Å². The molecule has 3 amide bonds. The summed E-state index contributed by atoms with van der Waals surface area (Å²) in [5.74, 6) is -3.46. The normalized spacial score (nSPS) is 19.6. The lowest BCUT2D eigenvalue weighted by molar-refractivity contribution is -0.137. The fourth-order valence-electron chi connectivity index (χ4n) is 5.93. The summed E-state index contributed by atoms with van der Waals surface area (Å²) in [7, 11) is 0. The van der Waals surface area contributed by atoms with Gasteiger partial charge in [-0.2, -0.15) is 13.2 Å². The minimum absolute atomic E-state index is 0.160. The number of thiazole rings is 1. The van der Waals surface area contributed by atoms with Crippen LogP contribution in [0.1, 0.15) is 53.8 Å². The van der Waals surface area contributed by atoms with E-state index in [2.05, 4.69) is 26.1 Å². The van der Waals surface area contributed by atoms with Crippen LogP contribution >= 0.6 is 23.1 Å². The van der Waals surface area contributed by atoms with Crippen molar-refractivity contribution < 1.29 is 27.6 Å². The largest absolute Gasteiger partial charge is 0.416 e. The fourth-order valence-corrected chi connectivity index (χ4v) is 8.70. The number of para-hydroxylation sites is 1. The molecule has 2 aliphatic heterocycles. The third-order valence-electron chi connectivity index (χ3n) is 8.34. The summed E-state index contributed by atoms with van der Waals surface area (Å²) in [5.41, 5.74) is 1.87. The molecule has 3 heterocycles. The number of anilines is 2. The van der Waals surface area contributed by atoms with Gasteiger partial charge in [-0.1, -0.05) is 92.4 Å². The molecule has 3 unspecified atom stereocenters. The summed E-state index contributed by atoms with van der Waals surface area (Å²) in [4.78, 5) is 55.6. The Labute approximate surface area is 271 Å². The SMILES string of the molecule is Cc1ccccc1NC(=O)Cn1c2c(sc1=O)C(c1ccc(C(C)(C)C)cc1)C1C(=O)N(c3cccc(C(F)(F)F)c3)C(=O)C1S2. The molecule has 46 heavy (non-hydrogen) atoms. The van der Waals surface area contributed by atoms with Crippen LogP contribution in [0.2, 0.25) is 0 Å². The van der Waals surface area contributed by atoms with Crippen LogP contribution in [0.3, 0.4) is 0 Å². The van der Waals surface area contributed by atoms with Gasteiger partial charge in [0, 0.05) is 16.5 Å². The zero-order chi connectivity index (χ0) is 33.1. The van der Waals surface area contributed by atoms with Gasteiger partial charge in [0.15, 0.2) is 0 Å². The van der Waals surface area contributed by atoms with Crippen LogP contribution in [0.4, 0.5) is 24.5 Å². The van der Waals surface area contributed by atoms with Crippen molar-refractivity contribution in [1.29, 1.82) is 0 Å². The molecular weight excluding hydrogens is 636 g/mol. The summed E-state index contributed by atoms with van der Waals surface area (Å²) in [5, 5.41) is 2.20. The zero-order valence-corrected chi connectivity index (χ0v) is 27.0. The number of halogens is 3. The van der Waals surface area contributed by atoms with Crippen LogP contribution in [-0.4, -0.2) is 27.5 Å². The highest BCUT2D eigenvalue weighted by Gasteiger charge is 2.57. The van der Waals surface area contributed by atoms with E-state index in [4.69, 9.17) is 0 Å². The Balaban J connectivity index is 1.43. The lowest BCUT2D eigenvalue weighted by Crippen LogP contribution is -2.33. The van der Waals surface area contributed by atoms with Crippen molar-refractivity contribution in [3.05, 3.63) is 110 Å². The minimum atomic E-state index is -4.67. The average Bonchev–Trinajstić information content (AvgIpc) is 3.43. The molecule has 6 rings (SSSR count). The summed E-state index contributed by atoms with van der Waals surface area (Å²) in [6.45, 7) is 7.71. The first-order valence-corrected chi connectivity index (χ1v) is 16.3. The van der Waals surface area contributed by atoms with E-state index >= 15 is 0 Å². The van der Waals surface area contributed by atoms with Crippen LogP contribution < -0.4 is 15.1 Å². The smallest absolute Gasteiger partial charge is 0.324 e. The number of alkyl halides is 3. The number of benzene rings is 3. The Morgan fingerprint density at radius 1 is 0.891 bits per heavy atom. The molecule has 7 nitrogen and oxygen atoms in total. The zero-order valence-electron chi connectivity index (χ0n) is 25.3. The number of amides is 3. The number of hydrogen-bond acceptors (Lipinski definition) is 6. The fraction of sp³-hybridized carbons (Fsp3) is 0.294. The number of carbonyl (C=O) groups excluding carboxylic acids is 3. The molecule has 4 aromatic rings. The Bertz CT molecular complexity index is 1930. The molecule has 238 valence electrons. The van der Waals surface area contributed by atoms with Crippen molar-refractivity contribution in [2.45, 2.75) is 62.0 Å². The maximum atomic E-state index is 14.1. The summed E-state index contributed by atoms with van der Waals surface area (Å²) < 4.78 is 42.0. The predicted molar refractivity (Wildman–Crippen MR) is 172 cm³/mol. The number of carbonyl (C=O) groups is 3. The molecule has 0 bridgehead atoms. The molecular formula is C34H30F3N3O4S2. The lowest BCUT2D eigenvalue weighted by atomic mass is 9.81. The molecule has 1 aromatic heterocycles. The van der Waals surface area contributed by atoms with Crippen molar-refractivity contribution in [3.8, 4) is 0 Å². The standard InChI is InChI=1S/C34H30F3N3O4S2/c1-18-8-5-6-11-23(18)38-24(41)17-39-31-28(46-32(39)44)25(19-12-14-20(15-13-19)33(2,3)4)26-27(45-31)30(43)40(29(26)42)22-10-7-9-21(16-22)34(35,36)37/h5-16,25-27H,17H2,1-4H3,(H,38,41). The topological polar surface area (TPSA) is 88.5 Å². The first-order chi connectivity index (χ1) is 21.6. The van der Waals surface area contributed by atoms with Crippen molar-refractivity contribution in [3.63, 3.8) is 0 Å². The van der Waals surface area contributed by atoms with Crippen molar-refractivity contribution >= 4 is 52.2 Å². The monoisotopic (exact) mass is 665 g/mol. The van der Waals surface area contributed by atoms with E-state index in [1.54, 1.807) is 12.1 Å². The predicted octanol–water partition coefficient (Wildman–Crippen LogP) is 6.97. The lowest BCUT2D eigenvalue weighted by Gasteiger charge is -2.31. The molecule has 3 atom stereocenters. The third-order valence-corrected chi connectivity index (χ3v) is 10.9. The molecule has 12 heteroatoms. The van der Waals surface area contributed by atoms with Gasteiger partial charge in [0.25, 0.3) is 0 Å². The highest BCUT2D eigenvalue weighted by molar-refractivity contribution is 8.00. The summed E-state index contributed by atoms with van der Waals surface area (Å²) in [6, 6.07) is 19.0. The molecule has 0 saturated carbocycles. The molecule has 0 aliphatic carbocycles. The highest BCUT2D eigenvalue weighted by Crippen LogP contribution is 2.54. The van der Waals surface area contributed by atoms with Crippen molar-refractivity contribution in [1.82, 2.24) is 4.57 Å². The van der Waals surface area contributed by atoms with Gasteiger partial charge in [-0.25, -0.2) is 4.90 Å². The second-order valence-corrected chi connectivity index (χ2v) is 14.6. The number of rotatable bonds is 5. The van der Waals surface area contributed by atoms with E-state index < -0.39 is 51.4 Å². The van der Waals surface area contributed by atoms with Crippen LogP contribution in [0, 0.1) is 12.8 Å². The van der Waals surface area contributed by atoms with E-state index in [0.717, 1.165) is 57.3 Å². The minimum Gasteiger partial charge on any atom is -0.324 e. The molecule has 1 fully saturated rings. The second kappa shape index (κ2) is 11.6. The van der Waals surface area contributed by atoms with E-state index in [1.165, 1.54) is 10.6 Å². The Morgan fingerprint density at radius 3 is 2.24 bits per heavy atom. The van der Waals surface area contributed by atoms with Gasteiger partial charge in [-0.15, -0.1) is 0 Å². The van der Waals surface area contributed by atoms with Gasteiger partial charge in [0.2, 0.25) is 17.7 Å². The van der Waals surface area contributed by atoms with Crippen LogP contribution in [-0.2, 0) is 32.5 Å². The third kappa shape index (κ3) is 5.68. The second-order valence-electron chi connectivity index (χ2n) is 12.5. The molecule has 3 aromatic carbocycles. The van der Waals surface area contributed by atoms with Gasteiger partial charge in [0.1, 0.15) is 11.8 Å². The number of thioether (sulfide) groups is 1.